The van der Waals surface area contributed by atoms with Crippen molar-refractivity contribution >= 4 is 75.5 Å². The molecule has 282 valence electrons. The van der Waals surface area contributed by atoms with Gasteiger partial charge in [0.2, 0.25) is 0 Å². The Kier molecular flexibility index (Phi) is 10.1. The average Bonchev–Trinajstić information content (AvgIpc) is 3.92. The van der Waals surface area contributed by atoms with Crippen molar-refractivity contribution in [2.45, 2.75) is 6.42 Å². The molecule has 8 heteroatoms. The highest BCUT2D eigenvalue weighted by atomic mass is 79.9. The van der Waals surface area contributed by atoms with Gasteiger partial charge in [0, 0.05) is 30.5 Å². The molecule has 0 radical (unpaired) electrons. The molecule has 1 aliphatic carbocycles. The van der Waals surface area contributed by atoms with Gasteiger partial charge in [0.25, 0.3) is 0 Å². The van der Waals surface area contributed by atoms with E-state index in [0.717, 1.165) is 56.5 Å². The lowest BCUT2D eigenvalue weighted by Crippen LogP contribution is -2.04. The molecule has 0 aliphatic heterocycles. The van der Waals surface area contributed by atoms with Crippen molar-refractivity contribution in [1.29, 1.82) is 10.5 Å². The van der Waals surface area contributed by atoms with Crippen LogP contribution in [0.2, 0.25) is 0 Å². The van der Waals surface area contributed by atoms with Crippen LogP contribution in [0.5, 0.6) is 0 Å². The van der Waals surface area contributed by atoms with E-state index in [1.807, 2.05) is 0 Å². The smallest absolute Gasteiger partial charge is 0.145 e. The number of para-hydroxylation sites is 4. The molecule has 8 aromatic carbocycles. The molecular weight excluding hydrogens is 866 g/mol. The lowest BCUT2D eigenvalue weighted by molar-refractivity contribution is 0.575. The number of aromatic nitrogens is 2. The van der Waals surface area contributed by atoms with Crippen LogP contribution in [0, 0.1) is 34.3 Å². The summed E-state index contributed by atoms with van der Waals surface area (Å²) in [6, 6.07) is 61.0. The summed E-state index contributed by atoms with van der Waals surface area (Å²) in [5.74, 6) is -1.70. The molecule has 2 heterocycles. The van der Waals surface area contributed by atoms with Crippen molar-refractivity contribution in [3.05, 3.63) is 213 Å². The van der Waals surface area contributed by atoms with Gasteiger partial charge in [-0.05, 0) is 77.2 Å². The van der Waals surface area contributed by atoms with Crippen LogP contribution in [0.4, 0.5) is 8.78 Å². The summed E-state index contributed by atoms with van der Waals surface area (Å²) < 4.78 is 30.9. The Morgan fingerprint density at radius 1 is 0.424 bits per heavy atom. The Bertz CT molecular complexity index is 3040. The number of halogens is 4. The van der Waals surface area contributed by atoms with Gasteiger partial charge in [0.15, 0.2) is 0 Å². The van der Waals surface area contributed by atoms with Crippen LogP contribution < -0.4 is 0 Å². The lowest BCUT2D eigenvalue weighted by atomic mass is 10.1. The molecular formula is C51H30Br2F2N4. The molecule has 0 saturated heterocycles. The van der Waals surface area contributed by atoms with Gasteiger partial charge in [-0.1, -0.05) is 153 Å². The average molecular weight is 897 g/mol. The fourth-order valence-electron chi connectivity index (χ4n) is 8.14. The highest BCUT2D eigenvalue weighted by Crippen LogP contribution is 2.39. The highest BCUT2D eigenvalue weighted by Gasteiger charge is 2.21. The Morgan fingerprint density at radius 3 is 1.12 bits per heavy atom. The first-order chi connectivity index (χ1) is 28.9. The van der Waals surface area contributed by atoms with Crippen LogP contribution >= 0.6 is 31.9 Å². The Labute approximate surface area is 355 Å². The minimum Gasteiger partial charge on any atom is -0.308 e. The van der Waals surface area contributed by atoms with Gasteiger partial charge in [-0.3, -0.25) is 0 Å². The summed E-state index contributed by atoms with van der Waals surface area (Å²) in [5, 5.41) is 23.5. The van der Waals surface area contributed by atoms with E-state index in [0.29, 0.717) is 5.56 Å². The van der Waals surface area contributed by atoms with Gasteiger partial charge in [-0.15, -0.1) is 0 Å². The van der Waals surface area contributed by atoms with Crippen LogP contribution in [0.25, 0.3) is 66.1 Å². The molecule has 0 saturated carbocycles. The van der Waals surface area contributed by atoms with Gasteiger partial charge in [-0.2, -0.15) is 10.5 Å². The summed E-state index contributed by atoms with van der Waals surface area (Å²) in [4.78, 5) is 0. The first-order valence-corrected chi connectivity index (χ1v) is 20.4. The Balaban J connectivity index is 0.000000152. The zero-order valence-corrected chi connectivity index (χ0v) is 34.3. The Hall–Kier alpha value is -6.84. The van der Waals surface area contributed by atoms with Gasteiger partial charge >= 0.3 is 0 Å². The number of nitriles is 2. The van der Waals surface area contributed by atoms with E-state index in [9.17, 15) is 14.0 Å². The zero-order valence-electron chi connectivity index (χ0n) is 31.2. The molecule has 0 atom stereocenters. The second-order valence-electron chi connectivity index (χ2n) is 14.0. The normalized spacial score (nSPS) is 11.3. The third-order valence-corrected chi connectivity index (χ3v) is 11.6. The summed E-state index contributed by atoms with van der Waals surface area (Å²) in [6.07, 6.45) is 1.10. The summed E-state index contributed by atoms with van der Waals surface area (Å²) in [6.45, 7) is 0. The van der Waals surface area contributed by atoms with Crippen molar-refractivity contribution < 1.29 is 8.78 Å². The highest BCUT2D eigenvalue weighted by molar-refractivity contribution is 9.10. The first-order valence-electron chi connectivity index (χ1n) is 18.8. The third-order valence-electron chi connectivity index (χ3n) is 10.6. The Morgan fingerprint density at radius 2 is 0.746 bits per heavy atom. The van der Waals surface area contributed by atoms with Crippen molar-refractivity contribution in [2.24, 2.45) is 0 Å². The largest absolute Gasteiger partial charge is 0.308 e. The summed E-state index contributed by atoms with van der Waals surface area (Å²) in [5.41, 5.74) is 11.9. The minimum absolute atomic E-state index is 0.284. The number of hydrogen-bond donors (Lipinski definition) is 0. The second kappa shape index (κ2) is 15.8. The molecule has 0 bridgehead atoms. The van der Waals surface area contributed by atoms with E-state index in [4.69, 9.17) is 5.26 Å². The molecule has 0 N–H and O–H groups in total. The SMILES string of the molecule is N#Cc1c(-n2c3ccccc3c3ccccc32)cc(Br)cc1-n1c2ccccc2c2ccccc21.N#Cc1c(F)cc(Br)cc1F.c1ccc2c(c1)Cc1ccccc1-2. The van der Waals surface area contributed by atoms with E-state index in [1.165, 1.54) is 49.9 Å². The molecule has 0 spiro atoms. The lowest BCUT2D eigenvalue weighted by Gasteiger charge is -2.16. The van der Waals surface area contributed by atoms with Gasteiger partial charge in [0.05, 0.1) is 33.4 Å². The standard InChI is InChI=1S/C31H18BrN3.C13H10.C7H2BrF2N/c32-20-17-30(34-26-13-5-1-9-21(26)22-10-2-6-14-27(22)34)25(19-33)31(18-20)35-28-15-7-3-11-23(28)24-12-4-8-16-29(24)35;1-3-7-12-10(5-1)9-11-6-2-4-8-13(11)12;8-4-1-6(9)5(3-11)7(10)2-4/h1-18H;1-8H,9H2;1-2H. The molecule has 4 nitrogen and oxygen atoms in total. The quantitative estimate of drug-likeness (QED) is 0.174. The zero-order chi connectivity index (χ0) is 40.6. The molecule has 0 fully saturated rings. The van der Waals surface area contributed by atoms with Gasteiger partial charge < -0.3 is 9.13 Å². The molecule has 11 rings (SSSR count). The predicted molar refractivity (Wildman–Crippen MR) is 241 cm³/mol. The van der Waals surface area contributed by atoms with Crippen LogP contribution in [-0.4, -0.2) is 9.13 Å². The van der Waals surface area contributed by atoms with Crippen LogP contribution in [0.15, 0.2) is 179 Å². The molecule has 0 unspecified atom stereocenters. The minimum atomic E-state index is -0.848. The monoisotopic (exact) mass is 894 g/mol. The molecule has 1 aliphatic rings. The molecule has 59 heavy (non-hydrogen) atoms. The third kappa shape index (κ3) is 6.77. The molecule has 2 aromatic heterocycles. The number of benzene rings is 8. The maximum atomic E-state index is 12.6. The predicted octanol–water partition coefficient (Wildman–Crippen LogP) is 14.4. The van der Waals surface area contributed by atoms with Crippen molar-refractivity contribution in [3.63, 3.8) is 0 Å². The van der Waals surface area contributed by atoms with Crippen molar-refractivity contribution in [3.8, 4) is 34.6 Å². The summed E-state index contributed by atoms with van der Waals surface area (Å²) in [7, 11) is 0. The maximum Gasteiger partial charge on any atom is 0.145 e. The fourth-order valence-corrected chi connectivity index (χ4v) is 8.97. The fraction of sp³-hybridized carbons (Fsp3) is 0.0196. The summed E-state index contributed by atoms with van der Waals surface area (Å²) >= 11 is 6.65. The van der Waals surface area contributed by atoms with E-state index in [-0.39, 0.29) is 4.47 Å². The topological polar surface area (TPSA) is 57.4 Å². The number of hydrogen-bond acceptors (Lipinski definition) is 2. The number of fused-ring (bicyclic) bond motifs is 9. The van der Waals surface area contributed by atoms with E-state index < -0.39 is 17.2 Å². The number of rotatable bonds is 2. The van der Waals surface area contributed by atoms with Crippen molar-refractivity contribution in [1.82, 2.24) is 9.13 Å². The number of nitrogens with zero attached hydrogens (tertiary/aromatic N) is 4. The van der Waals surface area contributed by atoms with Crippen LogP contribution in [0.3, 0.4) is 0 Å². The van der Waals surface area contributed by atoms with Gasteiger partial charge in [0.1, 0.15) is 34.9 Å². The van der Waals surface area contributed by atoms with Crippen LogP contribution in [-0.2, 0) is 6.42 Å². The van der Waals surface area contributed by atoms with Crippen molar-refractivity contribution in [2.75, 3.05) is 0 Å². The van der Waals surface area contributed by atoms with Crippen LogP contribution in [0.1, 0.15) is 22.3 Å². The molecule has 10 aromatic rings. The van der Waals surface area contributed by atoms with E-state index >= 15 is 0 Å². The second-order valence-corrected chi connectivity index (χ2v) is 15.8. The first kappa shape index (κ1) is 37.7. The maximum absolute atomic E-state index is 12.6. The van der Waals surface area contributed by atoms with E-state index in [2.05, 4.69) is 205 Å². The molecule has 0 amide bonds. The van der Waals surface area contributed by atoms with Gasteiger partial charge in [-0.25, -0.2) is 8.78 Å². The van der Waals surface area contributed by atoms with E-state index in [1.54, 1.807) is 0 Å².